The van der Waals surface area contributed by atoms with Crippen molar-refractivity contribution >= 4 is 0 Å². The average molecular weight is 291 g/mol. The Kier molecular flexibility index (Phi) is 3.63. The predicted molar refractivity (Wildman–Crippen MR) is 75.2 cm³/mol. The number of rotatable bonds is 4. The molecule has 1 aliphatic heterocycles. The summed E-state index contributed by atoms with van der Waals surface area (Å²) >= 11 is 0. The van der Waals surface area contributed by atoms with Crippen LogP contribution in [0.5, 0.6) is 5.75 Å². The van der Waals surface area contributed by atoms with E-state index in [1.807, 2.05) is 0 Å². The molecule has 2 heterocycles. The number of hydrogen-bond acceptors (Lipinski definition) is 5. The van der Waals surface area contributed by atoms with E-state index in [0.29, 0.717) is 17.3 Å². The van der Waals surface area contributed by atoms with E-state index in [1.165, 1.54) is 12.1 Å². The van der Waals surface area contributed by atoms with Crippen molar-refractivity contribution in [3.8, 4) is 17.1 Å². The Hall–Kier alpha value is -1.95. The molecular formula is C15H18FN3O2. The Morgan fingerprint density at radius 1 is 1.48 bits per heavy atom. The first-order valence-corrected chi connectivity index (χ1v) is 7.23. The van der Waals surface area contributed by atoms with Crippen molar-refractivity contribution in [1.82, 2.24) is 15.5 Å². The first kappa shape index (κ1) is 14.0. The summed E-state index contributed by atoms with van der Waals surface area (Å²) in [6, 6.07) is 4.07. The number of halogens is 1. The average Bonchev–Trinajstić information content (AvgIpc) is 3.12. The van der Waals surface area contributed by atoms with Crippen molar-refractivity contribution in [2.45, 2.75) is 38.1 Å². The third-order valence-corrected chi connectivity index (χ3v) is 3.96. The second kappa shape index (κ2) is 5.44. The third kappa shape index (κ3) is 2.51. The van der Waals surface area contributed by atoms with Gasteiger partial charge in [0.05, 0.1) is 5.54 Å². The van der Waals surface area contributed by atoms with Gasteiger partial charge in [0.1, 0.15) is 0 Å². The Balaban J connectivity index is 1.93. The van der Waals surface area contributed by atoms with E-state index >= 15 is 0 Å². The molecule has 112 valence electrons. The van der Waals surface area contributed by atoms with Crippen LogP contribution in [0.25, 0.3) is 11.4 Å². The van der Waals surface area contributed by atoms with Crippen molar-refractivity contribution in [1.29, 1.82) is 0 Å². The topological polar surface area (TPSA) is 71.2 Å². The molecule has 0 radical (unpaired) electrons. The van der Waals surface area contributed by atoms with Gasteiger partial charge in [0, 0.05) is 5.56 Å². The molecule has 1 atom stereocenters. The van der Waals surface area contributed by atoms with Crippen LogP contribution in [0.15, 0.2) is 22.7 Å². The van der Waals surface area contributed by atoms with E-state index < -0.39 is 5.82 Å². The number of phenols is 1. The summed E-state index contributed by atoms with van der Waals surface area (Å²) in [5.74, 6) is -0.179. The molecule has 0 aliphatic carbocycles. The molecule has 1 aromatic heterocycles. The minimum Gasteiger partial charge on any atom is -0.505 e. The van der Waals surface area contributed by atoms with Crippen LogP contribution in [-0.2, 0) is 5.54 Å². The molecule has 0 bridgehead atoms. The monoisotopic (exact) mass is 291 g/mol. The summed E-state index contributed by atoms with van der Waals surface area (Å²) in [6.45, 7) is 3.06. The van der Waals surface area contributed by atoms with E-state index in [-0.39, 0.29) is 11.3 Å². The predicted octanol–water partition coefficient (Wildman–Crippen LogP) is 2.96. The van der Waals surface area contributed by atoms with Gasteiger partial charge in [-0.05, 0) is 44.0 Å². The first-order chi connectivity index (χ1) is 10.1. The Morgan fingerprint density at radius 2 is 2.33 bits per heavy atom. The third-order valence-electron chi connectivity index (χ3n) is 3.96. The maximum absolute atomic E-state index is 13.4. The van der Waals surface area contributed by atoms with Crippen LogP contribution in [0.3, 0.4) is 0 Å². The van der Waals surface area contributed by atoms with E-state index in [9.17, 15) is 9.50 Å². The molecule has 3 rings (SSSR count). The smallest absolute Gasteiger partial charge is 0.247 e. The minimum absolute atomic E-state index is 0.255. The van der Waals surface area contributed by atoms with Crippen molar-refractivity contribution in [3.05, 3.63) is 29.9 Å². The van der Waals surface area contributed by atoms with Gasteiger partial charge in [0.25, 0.3) is 0 Å². The number of aromatic nitrogens is 2. The van der Waals surface area contributed by atoms with Gasteiger partial charge in [-0.3, -0.25) is 0 Å². The van der Waals surface area contributed by atoms with Crippen molar-refractivity contribution in [2.75, 3.05) is 6.54 Å². The lowest BCUT2D eigenvalue weighted by molar-refractivity contribution is 0.241. The SMILES string of the molecule is CCCC1(c2nc(-c3ccc(O)c(F)c3)no2)CCCN1. The van der Waals surface area contributed by atoms with E-state index in [2.05, 4.69) is 22.4 Å². The second-order valence-electron chi connectivity index (χ2n) is 5.45. The lowest BCUT2D eigenvalue weighted by Gasteiger charge is -2.24. The zero-order valence-electron chi connectivity index (χ0n) is 11.9. The van der Waals surface area contributed by atoms with E-state index in [4.69, 9.17) is 4.52 Å². The van der Waals surface area contributed by atoms with Crippen LogP contribution in [0, 0.1) is 5.82 Å². The fraction of sp³-hybridized carbons (Fsp3) is 0.467. The molecule has 1 aromatic carbocycles. The molecule has 6 heteroatoms. The lowest BCUT2D eigenvalue weighted by Crippen LogP contribution is -2.36. The Morgan fingerprint density at radius 3 is 3.00 bits per heavy atom. The standard InChI is InChI=1S/C15H18FN3O2/c1-2-6-15(7-3-8-17-15)14-18-13(19-21-14)10-4-5-12(20)11(16)9-10/h4-5,9,17,20H,2-3,6-8H2,1H3. The van der Waals surface area contributed by atoms with Crippen molar-refractivity contribution in [2.24, 2.45) is 0 Å². The van der Waals surface area contributed by atoms with Gasteiger partial charge in [-0.25, -0.2) is 4.39 Å². The highest BCUT2D eigenvalue weighted by molar-refractivity contribution is 5.56. The molecule has 5 nitrogen and oxygen atoms in total. The fourth-order valence-corrected chi connectivity index (χ4v) is 2.92. The van der Waals surface area contributed by atoms with Crippen LogP contribution in [0.1, 0.15) is 38.5 Å². The van der Waals surface area contributed by atoms with E-state index in [1.54, 1.807) is 6.07 Å². The quantitative estimate of drug-likeness (QED) is 0.906. The van der Waals surface area contributed by atoms with Crippen LogP contribution in [-0.4, -0.2) is 21.8 Å². The molecule has 21 heavy (non-hydrogen) atoms. The summed E-state index contributed by atoms with van der Waals surface area (Å²) in [5.41, 5.74) is 0.236. The maximum atomic E-state index is 13.4. The number of benzene rings is 1. The van der Waals surface area contributed by atoms with Gasteiger partial charge in [0.2, 0.25) is 11.7 Å². The van der Waals surface area contributed by atoms with Crippen LogP contribution in [0.4, 0.5) is 4.39 Å². The summed E-state index contributed by atoms with van der Waals surface area (Å²) < 4.78 is 18.8. The Labute approximate surface area is 122 Å². The summed E-state index contributed by atoms with van der Waals surface area (Å²) in [7, 11) is 0. The molecule has 2 aromatic rings. The van der Waals surface area contributed by atoms with Crippen LogP contribution in [0.2, 0.25) is 0 Å². The lowest BCUT2D eigenvalue weighted by atomic mass is 9.92. The molecule has 1 fully saturated rings. The molecule has 1 saturated heterocycles. The second-order valence-corrected chi connectivity index (χ2v) is 5.45. The van der Waals surface area contributed by atoms with Gasteiger partial charge < -0.3 is 14.9 Å². The van der Waals surface area contributed by atoms with Crippen molar-refractivity contribution in [3.63, 3.8) is 0 Å². The largest absolute Gasteiger partial charge is 0.505 e. The number of aromatic hydroxyl groups is 1. The zero-order valence-corrected chi connectivity index (χ0v) is 11.9. The number of phenolic OH excluding ortho intramolecular Hbond substituents is 1. The highest BCUT2D eigenvalue weighted by atomic mass is 19.1. The molecule has 2 N–H and O–H groups in total. The summed E-state index contributed by atoms with van der Waals surface area (Å²) in [5, 5.41) is 16.6. The molecule has 0 amide bonds. The summed E-state index contributed by atoms with van der Waals surface area (Å²) in [6.07, 6.45) is 3.98. The normalized spacial score (nSPS) is 21.8. The van der Waals surface area contributed by atoms with Gasteiger partial charge in [-0.2, -0.15) is 4.98 Å². The molecule has 0 saturated carbocycles. The molecular weight excluding hydrogens is 273 g/mol. The van der Waals surface area contributed by atoms with Crippen molar-refractivity contribution < 1.29 is 14.0 Å². The molecule has 1 aliphatic rings. The van der Waals surface area contributed by atoms with Crippen LogP contribution >= 0.6 is 0 Å². The van der Waals surface area contributed by atoms with Gasteiger partial charge in [0.15, 0.2) is 11.6 Å². The van der Waals surface area contributed by atoms with E-state index in [0.717, 1.165) is 32.2 Å². The first-order valence-electron chi connectivity index (χ1n) is 7.23. The van der Waals surface area contributed by atoms with Gasteiger partial charge >= 0.3 is 0 Å². The van der Waals surface area contributed by atoms with Crippen LogP contribution < -0.4 is 5.32 Å². The molecule has 1 unspecified atom stereocenters. The Bertz CT molecular complexity index is 636. The maximum Gasteiger partial charge on any atom is 0.247 e. The number of hydrogen-bond donors (Lipinski definition) is 2. The van der Waals surface area contributed by atoms with Gasteiger partial charge in [-0.1, -0.05) is 18.5 Å². The highest BCUT2D eigenvalue weighted by Crippen LogP contribution is 2.35. The fourth-order valence-electron chi connectivity index (χ4n) is 2.92. The minimum atomic E-state index is -0.693. The highest BCUT2D eigenvalue weighted by Gasteiger charge is 2.39. The summed E-state index contributed by atoms with van der Waals surface area (Å²) in [4.78, 5) is 4.44. The van der Waals surface area contributed by atoms with Gasteiger partial charge in [-0.15, -0.1) is 0 Å². The number of nitrogens with one attached hydrogen (secondary N) is 1. The zero-order chi connectivity index (χ0) is 14.9. The molecule has 0 spiro atoms. The number of nitrogens with zero attached hydrogens (tertiary/aromatic N) is 2.